The lowest BCUT2D eigenvalue weighted by Crippen LogP contribution is -1.86. The van der Waals surface area contributed by atoms with Crippen molar-refractivity contribution >= 4 is 10.8 Å². The van der Waals surface area contributed by atoms with Crippen LogP contribution in [0.25, 0.3) is 10.8 Å². The molecule has 0 saturated carbocycles. The molecule has 4 heteroatoms. The molecule has 4 nitrogen and oxygen atoms in total. The molecule has 1 heterocycles. The van der Waals surface area contributed by atoms with E-state index in [4.69, 9.17) is 9.47 Å². The van der Waals surface area contributed by atoms with E-state index in [1.165, 1.54) is 6.20 Å². The summed E-state index contributed by atoms with van der Waals surface area (Å²) in [5.74, 6) is 2.36. The van der Waals surface area contributed by atoms with Crippen molar-refractivity contribution in [1.82, 2.24) is 4.98 Å². The minimum absolute atomic E-state index is 0.165. The summed E-state index contributed by atoms with van der Waals surface area (Å²) in [6.45, 7) is 0. The summed E-state index contributed by atoms with van der Waals surface area (Å²) in [4.78, 5) is 3.96. The van der Waals surface area contributed by atoms with Crippen molar-refractivity contribution in [2.24, 2.45) is 0 Å². The van der Waals surface area contributed by atoms with Gasteiger partial charge in [-0.2, -0.15) is 0 Å². The number of pyridine rings is 1. The molecule has 0 saturated heterocycles. The van der Waals surface area contributed by atoms with E-state index >= 15 is 0 Å². The lowest BCUT2D eigenvalue weighted by molar-refractivity contribution is 0.413. The number of nitrogens with zero attached hydrogens (tertiary/aromatic N) is 1. The van der Waals surface area contributed by atoms with Gasteiger partial charge in [-0.3, -0.25) is 4.98 Å². The molecule has 0 aliphatic heterocycles. The Bertz CT molecular complexity index is 738. The molecule has 20 heavy (non-hydrogen) atoms. The smallest absolute Gasteiger partial charge is 0.141 e. The molecule has 0 amide bonds. The molecule has 0 unspecified atom stereocenters. The normalized spacial score (nSPS) is 10.4. The molecule has 0 aliphatic rings. The van der Waals surface area contributed by atoms with Crippen LogP contribution in [0.4, 0.5) is 0 Å². The van der Waals surface area contributed by atoms with Gasteiger partial charge in [-0.1, -0.05) is 0 Å². The maximum atomic E-state index is 9.69. The average Bonchev–Trinajstić information content (AvgIpc) is 2.48. The fourth-order valence-electron chi connectivity index (χ4n) is 1.98. The van der Waals surface area contributed by atoms with E-state index in [0.717, 1.165) is 22.3 Å². The van der Waals surface area contributed by atoms with Gasteiger partial charge in [0.1, 0.15) is 23.0 Å². The molecular formula is C16H13NO3. The van der Waals surface area contributed by atoms with Crippen molar-refractivity contribution in [3.8, 4) is 23.0 Å². The maximum Gasteiger partial charge on any atom is 0.141 e. The number of fused-ring (bicyclic) bond motifs is 1. The Morgan fingerprint density at radius 2 is 1.60 bits per heavy atom. The van der Waals surface area contributed by atoms with E-state index < -0.39 is 0 Å². The number of ether oxygens (including phenoxy) is 2. The number of aromatic hydroxyl groups is 1. The summed E-state index contributed by atoms with van der Waals surface area (Å²) in [5.41, 5.74) is 0. The molecule has 0 bridgehead atoms. The quantitative estimate of drug-likeness (QED) is 0.785. The first-order valence-corrected chi connectivity index (χ1v) is 6.15. The van der Waals surface area contributed by atoms with Crippen LogP contribution >= 0.6 is 0 Å². The summed E-state index contributed by atoms with van der Waals surface area (Å²) in [7, 11) is 1.62. The van der Waals surface area contributed by atoms with Gasteiger partial charge < -0.3 is 14.6 Å². The molecule has 0 radical (unpaired) electrons. The lowest BCUT2D eigenvalue weighted by Gasteiger charge is -2.08. The third-order valence-corrected chi connectivity index (χ3v) is 3.00. The molecule has 3 aromatic rings. The predicted molar refractivity (Wildman–Crippen MR) is 76.5 cm³/mol. The first-order valence-electron chi connectivity index (χ1n) is 6.15. The van der Waals surface area contributed by atoms with E-state index in [1.54, 1.807) is 13.3 Å². The zero-order valence-electron chi connectivity index (χ0n) is 10.9. The summed E-state index contributed by atoms with van der Waals surface area (Å²) in [6, 6.07) is 12.8. The molecule has 100 valence electrons. The van der Waals surface area contributed by atoms with Gasteiger partial charge in [0, 0.05) is 17.0 Å². The van der Waals surface area contributed by atoms with E-state index in [-0.39, 0.29) is 5.75 Å². The summed E-state index contributed by atoms with van der Waals surface area (Å²) in [6.07, 6.45) is 3.11. The highest BCUT2D eigenvalue weighted by Crippen LogP contribution is 2.29. The van der Waals surface area contributed by atoms with Crippen LogP contribution in [0.3, 0.4) is 0 Å². The minimum Gasteiger partial charge on any atom is -0.506 e. The van der Waals surface area contributed by atoms with Crippen molar-refractivity contribution < 1.29 is 14.6 Å². The predicted octanol–water partition coefficient (Wildman–Crippen LogP) is 3.74. The Hall–Kier alpha value is -2.75. The van der Waals surface area contributed by atoms with Crippen molar-refractivity contribution in [3.63, 3.8) is 0 Å². The van der Waals surface area contributed by atoms with Gasteiger partial charge in [0.15, 0.2) is 0 Å². The van der Waals surface area contributed by atoms with Crippen LogP contribution in [0.2, 0.25) is 0 Å². The second-order valence-corrected chi connectivity index (χ2v) is 4.32. The minimum atomic E-state index is 0.165. The van der Waals surface area contributed by atoms with Crippen LogP contribution in [0.5, 0.6) is 23.0 Å². The molecule has 0 aliphatic carbocycles. The first kappa shape index (κ1) is 12.3. The van der Waals surface area contributed by atoms with Crippen LogP contribution in [0.15, 0.2) is 54.9 Å². The fourth-order valence-corrected chi connectivity index (χ4v) is 1.98. The van der Waals surface area contributed by atoms with Crippen molar-refractivity contribution in [3.05, 3.63) is 54.9 Å². The zero-order chi connectivity index (χ0) is 13.9. The van der Waals surface area contributed by atoms with Crippen molar-refractivity contribution in [2.45, 2.75) is 0 Å². The monoisotopic (exact) mass is 267 g/mol. The molecule has 1 N–H and O–H groups in total. The largest absolute Gasteiger partial charge is 0.506 e. The van der Waals surface area contributed by atoms with E-state index in [0.29, 0.717) is 5.75 Å². The van der Waals surface area contributed by atoms with E-state index in [1.807, 2.05) is 42.5 Å². The van der Waals surface area contributed by atoms with Crippen molar-refractivity contribution in [1.29, 1.82) is 0 Å². The average molecular weight is 267 g/mol. The molecular weight excluding hydrogens is 254 g/mol. The van der Waals surface area contributed by atoms with Gasteiger partial charge >= 0.3 is 0 Å². The summed E-state index contributed by atoms with van der Waals surface area (Å²) >= 11 is 0. The molecule has 1 aromatic heterocycles. The Balaban J connectivity index is 1.90. The Labute approximate surface area is 116 Å². The van der Waals surface area contributed by atoms with Crippen LogP contribution in [0.1, 0.15) is 0 Å². The number of methoxy groups -OCH3 is 1. The number of aromatic nitrogens is 1. The van der Waals surface area contributed by atoms with Crippen molar-refractivity contribution in [2.75, 3.05) is 7.11 Å². The summed E-state index contributed by atoms with van der Waals surface area (Å²) in [5, 5.41) is 11.3. The highest BCUT2D eigenvalue weighted by atomic mass is 16.5. The second-order valence-electron chi connectivity index (χ2n) is 4.32. The lowest BCUT2D eigenvalue weighted by atomic mass is 10.1. The Morgan fingerprint density at radius 3 is 2.35 bits per heavy atom. The first-order chi connectivity index (χ1) is 9.76. The third kappa shape index (κ3) is 2.36. The molecule has 0 spiro atoms. The third-order valence-electron chi connectivity index (χ3n) is 3.00. The Kier molecular flexibility index (Phi) is 3.13. The van der Waals surface area contributed by atoms with Gasteiger partial charge in [-0.25, -0.2) is 0 Å². The standard InChI is InChI=1S/C16H13NO3/c1-19-12-2-4-13(5-3-12)20-14-6-7-15-11(8-14)9-17-10-16(15)18/h2-10,18H,1H3. The second kappa shape index (κ2) is 5.09. The number of hydrogen-bond acceptors (Lipinski definition) is 4. The van der Waals surface area contributed by atoms with E-state index in [2.05, 4.69) is 4.98 Å². The van der Waals surface area contributed by atoms with Gasteiger partial charge in [0.25, 0.3) is 0 Å². The highest BCUT2D eigenvalue weighted by molar-refractivity contribution is 5.88. The number of benzene rings is 2. The molecule has 3 rings (SSSR count). The van der Waals surface area contributed by atoms with Gasteiger partial charge in [-0.15, -0.1) is 0 Å². The van der Waals surface area contributed by atoms with Crippen LogP contribution in [0, 0.1) is 0 Å². The number of hydrogen-bond donors (Lipinski definition) is 1. The molecule has 0 fully saturated rings. The zero-order valence-corrected chi connectivity index (χ0v) is 10.9. The Morgan fingerprint density at radius 1 is 0.900 bits per heavy atom. The van der Waals surface area contributed by atoms with Crippen LogP contribution in [-0.2, 0) is 0 Å². The SMILES string of the molecule is COc1ccc(Oc2ccc3c(O)cncc3c2)cc1. The number of rotatable bonds is 3. The van der Waals surface area contributed by atoms with Crippen LogP contribution < -0.4 is 9.47 Å². The van der Waals surface area contributed by atoms with Crippen LogP contribution in [-0.4, -0.2) is 17.2 Å². The maximum absolute atomic E-state index is 9.69. The topological polar surface area (TPSA) is 51.6 Å². The van der Waals surface area contributed by atoms with Gasteiger partial charge in [-0.05, 0) is 42.5 Å². The van der Waals surface area contributed by atoms with Gasteiger partial charge in [0.2, 0.25) is 0 Å². The summed E-state index contributed by atoms with van der Waals surface area (Å²) < 4.78 is 10.9. The fraction of sp³-hybridized carbons (Fsp3) is 0.0625. The molecule has 2 aromatic carbocycles. The van der Waals surface area contributed by atoms with E-state index in [9.17, 15) is 5.11 Å². The molecule has 0 atom stereocenters. The highest BCUT2D eigenvalue weighted by Gasteiger charge is 2.03. The van der Waals surface area contributed by atoms with Gasteiger partial charge in [0.05, 0.1) is 13.3 Å².